The zero-order chi connectivity index (χ0) is 15.3. The molecule has 0 unspecified atom stereocenters. The Bertz CT molecular complexity index is 397. The van der Waals surface area contributed by atoms with E-state index >= 15 is 0 Å². The van der Waals surface area contributed by atoms with E-state index in [1.54, 1.807) is 26.0 Å². The molecule has 4 heteroatoms. The van der Waals surface area contributed by atoms with E-state index in [9.17, 15) is 4.79 Å². The van der Waals surface area contributed by atoms with E-state index in [1.165, 1.54) is 0 Å². The van der Waals surface area contributed by atoms with Crippen LogP contribution in [0.2, 0.25) is 0 Å². The molecule has 0 atom stereocenters. The van der Waals surface area contributed by atoms with Gasteiger partial charge in [-0.1, -0.05) is 32.9 Å². The molecule has 4 nitrogen and oxygen atoms in total. The van der Waals surface area contributed by atoms with Crippen LogP contribution in [-0.2, 0) is 5.41 Å². The monoisotopic (exact) mass is 267 g/mol. The number of rotatable bonds is 2. The predicted molar refractivity (Wildman–Crippen MR) is 77.5 cm³/mol. The summed E-state index contributed by atoms with van der Waals surface area (Å²) >= 11 is 0. The van der Waals surface area contributed by atoms with Crippen LogP contribution in [0.15, 0.2) is 24.3 Å². The molecule has 19 heavy (non-hydrogen) atoms. The topological polar surface area (TPSA) is 83.5 Å². The number of carboxylic acids is 1. The van der Waals surface area contributed by atoms with Crippen molar-refractivity contribution in [3.63, 3.8) is 0 Å². The molecule has 0 bridgehead atoms. The maximum atomic E-state index is 10.6. The highest BCUT2D eigenvalue weighted by atomic mass is 16.4. The maximum absolute atomic E-state index is 10.6. The average Bonchev–Trinajstić information content (AvgIpc) is 2.28. The van der Waals surface area contributed by atoms with Gasteiger partial charge in [0.15, 0.2) is 0 Å². The van der Waals surface area contributed by atoms with Crippen LogP contribution in [-0.4, -0.2) is 28.3 Å². The molecule has 0 aliphatic carbocycles. The Morgan fingerprint density at radius 2 is 1.47 bits per heavy atom. The van der Waals surface area contributed by atoms with Gasteiger partial charge in [0, 0.05) is 5.54 Å². The smallest absolute Gasteiger partial charge is 0.335 e. The number of benzene rings is 1. The zero-order valence-electron chi connectivity index (χ0n) is 12.4. The third kappa shape index (κ3) is 7.59. The van der Waals surface area contributed by atoms with Gasteiger partial charge in [-0.15, -0.1) is 0 Å². The number of aliphatic hydroxyl groups excluding tert-OH is 1. The minimum Gasteiger partial charge on any atom is -0.478 e. The quantitative estimate of drug-likeness (QED) is 0.768. The molecule has 0 amide bonds. The Balaban J connectivity index is 0.000000459. The molecule has 0 heterocycles. The Morgan fingerprint density at radius 3 is 1.68 bits per heavy atom. The van der Waals surface area contributed by atoms with Crippen molar-refractivity contribution < 1.29 is 15.0 Å². The molecule has 0 aliphatic heterocycles. The lowest BCUT2D eigenvalue weighted by Gasteiger charge is -2.18. The standard InChI is InChI=1S/C11H14O2.C4H11NO/c1-11(2,3)9-6-4-8(5-7-9)10(12)13;1-4(2,5)3-6/h4-7H,1-3H3,(H,12,13);6H,3,5H2,1-2H3. The SMILES string of the molecule is CC(C)(C)c1ccc(C(=O)O)cc1.CC(C)(N)CO. The van der Waals surface area contributed by atoms with Gasteiger partial charge in [-0.3, -0.25) is 0 Å². The van der Waals surface area contributed by atoms with Crippen LogP contribution in [0, 0.1) is 0 Å². The summed E-state index contributed by atoms with van der Waals surface area (Å²) in [5.41, 5.74) is 6.45. The molecule has 1 aromatic carbocycles. The summed E-state index contributed by atoms with van der Waals surface area (Å²) in [6.07, 6.45) is 0. The molecule has 1 aromatic rings. The first-order valence-electron chi connectivity index (χ1n) is 6.21. The number of aromatic carboxylic acids is 1. The van der Waals surface area contributed by atoms with Crippen molar-refractivity contribution in [2.45, 2.75) is 45.6 Å². The van der Waals surface area contributed by atoms with E-state index in [2.05, 4.69) is 20.8 Å². The summed E-state index contributed by atoms with van der Waals surface area (Å²) in [5.74, 6) is -0.875. The Kier molecular flexibility index (Phi) is 6.19. The number of hydrogen-bond donors (Lipinski definition) is 3. The van der Waals surface area contributed by atoms with Gasteiger partial charge < -0.3 is 15.9 Å². The fourth-order valence-corrected chi connectivity index (χ4v) is 1.11. The predicted octanol–water partition coefficient (Wildman–Crippen LogP) is 2.40. The van der Waals surface area contributed by atoms with Gasteiger partial charge in [0.2, 0.25) is 0 Å². The highest BCUT2D eigenvalue weighted by Crippen LogP contribution is 2.21. The van der Waals surface area contributed by atoms with Gasteiger partial charge in [-0.05, 0) is 37.0 Å². The lowest BCUT2D eigenvalue weighted by molar-refractivity contribution is 0.0697. The summed E-state index contributed by atoms with van der Waals surface area (Å²) < 4.78 is 0. The molecular formula is C15H25NO3. The van der Waals surface area contributed by atoms with Gasteiger partial charge in [-0.2, -0.15) is 0 Å². The second-order valence-electron chi connectivity index (χ2n) is 6.28. The number of nitrogens with two attached hydrogens (primary N) is 1. The van der Waals surface area contributed by atoms with Crippen molar-refractivity contribution in [3.05, 3.63) is 35.4 Å². The largest absolute Gasteiger partial charge is 0.478 e. The first kappa shape index (κ1) is 17.6. The lowest BCUT2D eigenvalue weighted by atomic mass is 9.87. The maximum Gasteiger partial charge on any atom is 0.335 e. The van der Waals surface area contributed by atoms with Crippen LogP contribution < -0.4 is 5.73 Å². The lowest BCUT2D eigenvalue weighted by Crippen LogP contribution is -2.35. The van der Waals surface area contributed by atoms with Crippen LogP contribution in [0.3, 0.4) is 0 Å². The van der Waals surface area contributed by atoms with Crippen molar-refractivity contribution in [2.24, 2.45) is 5.73 Å². The van der Waals surface area contributed by atoms with Gasteiger partial charge in [-0.25, -0.2) is 4.79 Å². The molecule has 4 N–H and O–H groups in total. The molecular weight excluding hydrogens is 242 g/mol. The fourth-order valence-electron chi connectivity index (χ4n) is 1.11. The third-order valence-electron chi connectivity index (χ3n) is 2.41. The first-order valence-corrected chi connectivity index (χ1v) is 6.21. The first-order chi connectivity index (χ1) is 8.47. The Labute approximate surface area is 115 Å². The van der Waals surface area contributed by atoms with Crippen molar-refractivity contribution in [1.29, 1.82) is 0 Å². The van der Waals surface area contributed by atoms with Crippen molar-refractivity contribution in [2.75, 3.05) is 6.61 Å². The van der Waals surface area contributed by atoms with E-state index in [4.69, 9.17) is 15.9 Å². The van der Waals surface area contributed by atoms with E-state index in [0.29, 0.717) is 5.56 Å². The summed E-state index contributed by atoms with van der Waals surface area (Å²) in [5, 5.41) is 17.0. The average molecular weight is 267 g/mol. The molecule has 108 valence electrons. The molecule has 0 saturated carbocycles. The number of carbonyl (C=O) groups is 1. The second-order valence-corrected chi connectivity index (χ2v) is 6.28. The third-order valence-corrected chi connectivity index (χ3v) is 2.41. The minimum atomic E-state index is -0.875. The van der Waals surface area contributed by atoms with Crippen molar-refractivity contribution in [1.82, 2.24) is 0 Å². The molecule has 0 aromatic heterocycles. The highest BCUT2D eigenvalue weighted by Gasteiger charge is 2.13. The molecule has 0 saturated heterocycles. The molecule has 0 radical (unpaired) electrons. The molecule has 0 aliphatic rings. The van der Waals surface area contributed by atoms with Gasteiger partial charge in [0.05, 0.1) is 12.2 Å². The van der Waals surface area contributed by atoms with E-state index in [-0.39, 0.29) is 12.0 Å². The van der Waals surface area contributed by atoms with E-state index < -0.39 is 11.5 Å². The second kappa shape index (κ2) is 6.68. The van der Waals surface area contributed by atoms with Gasteiger partial charge >= 0.3 is 5.97 Å². The van der Waals surface area contributed by atoms with Crippen LogP contribution in [0.5, 0.6) is 0 Å². The minimum absolute atomic E-state index is 0.0486. The summed E-state index contributed by atoms with van der Waals surface area (Å²) in [4.78, 5) is 10.6. The van der Waals surface area contributed by atoms with Crippen molar-refractivity contribution in [3.8, 4) is 0 Å². The van der Waals surface area contributed by atoms with E-state index in [1.807, 2.05) is 12.1 Å². The van der Waals surface area contributed by atoms with Crippen LogP contribution in [0.25, 0.3) is 0 Å². The normalized spacial score (nSPS) is 11.5. The van der Waals surface area contributed by atoms with Crippen LogP contribution in [0.4, 0.5) is 0 Å². The number of hydrogen-bond acceptors (Lipinski definition) is 3. The highest BCUT2D eigenvalue weighted by molar-refractivity contribution is 5.87. The molecule has 0 fully saturated rings. The summed E-state index contributed by atoms with van der Waals surface area (Å²) in [6, 6.07) is 7.01. The number of carboxylic acid groups (broad SMARTS) is 1. The zero-order valence-corrected chi connectivity index (χ0v) is 12.4. The summed E-state index contributed by atoms with van der Waals surface area (Å²) in [7, 11) is 0. The number of aliphatic hydroxyl groups is 1. The van der Waals surface area contributed by atoms with Crippen LogP contribution in [0.1, 0.15) is 50.5 Å². The van der Waals surface area contributed by atoms with Gasteiger partial charge in [0.25, 0.3) is 0 Å². The molecule has 0 spiro atoms. The summed E-state index contributed by atoms with van der Waals surface area (Å²) in [6.45, 7) is 9.89. The van der Waals surface area contributed by atoms with Gasteiger partial charge in [0.1, 0.15) is 0 Å². The Morgan fingerprint density at radius 1 is 1.11 bits per heavy atom. The Hall–Kier alpha value is -1.39. The van der Waals surface area contributed by atoms with Crippen LogP contribution >= 0.6 is 0 Å². The fraction of sp³-hybridized carbons (Fsp3) is 0.533. The van der Waals surface area contributed by atoms with E-state index in [0.717, 1.165) is 5.56 Å². The molecule has 1 rings (SSSR count). The van der Waals surface area contributed by atoms with Crippen molar-refractivity contribution >= 4 is 5.97 Å².